The fourth-order valence-corrected chi connectivity index (χ4v) is 2.10. The Morgan fingerprint density at radius 1 is 1.18 bits per heavy atom. The minimum Gasteiger partial charge on any atom is -0.341 e. The third kappa shape index (κ3) is 4.41. The molecule has 0 saturated carbocycles. The number of pyridine rings is 1. The summed E-state index contributed by atoms with van der Waals surface area (Å²) in [6.45, 7) is 2.06. The van der Waals surface area contributed by atoms with E-state index in [1.165, 1.54) is 6.92 Å². The first-order valence-electron chi connectivity index (χ1n) is 7.08. The van der Waals surface area contributed by atoms with Crippen LogP contribution in [0.3, 0.4) is 0 Å². The first-order valence-corrected chi connectivity index (χ1v) is 7.08. The third-order valence-corrected chi connectivity index (χ3v) is 3.26. The van der Waals surface area contributed by atoms with Crippen LogP contribution in [-0.4, -0.2) is 35.3 Å². The summed E-state index contributed by atoms with van der Waals surface area (Å²) in [5.41, 5.74) is 2.33. The zero-order valence-electron chi connectivity index (χ0n) is 12.7. The minimum absolute atomic E-state index is 0.0683. The lowest BCUT2D eigenvalue weighted by atomic mass is 10.1. The van der Waals surface area contributed by atoms with Crippen LogP contribution in [-0.2, 0) is 11.2 Å². The van der Waals surface area contributed by atoms with Crippen molar-refractivity contribution in [3.05, 3.63) is 59.9 Å². The maximum absolute atomic E-state index is 12.4. The Kier molecular flexibility index (Phi) is 5.25. The standard InChI is InChI=1S/C17H19N3O2/c1-13(21)19-16-5-3-4-15(12-16)17(22)20(2)11-8-14-6-9-18-10-7-14/h3-7,9-10,12H,8,11H2,1-2H3,(H,19,21). The van der Waals surface area contributed by atoms with E-state index in [4.69, 9.17) is 0 Å². The molecule has 0 unspecified atom stereocenters. The second-order valence-corrected chi connectivity index (χ2v) is 5.09. The number of likely N-dealkylation sites (N-methyl/N-ethyl adjacent to an activating group) is 1. The highest BCUT2D eigenvalue weighted by atomic mass is 16.2. The Balaban J connectivity index is 1.99. The highest BCUT2D eigenvalue weighted by molar-refractivity contribution is 5.96. The van der Waals surface area contributed by atoms with Crippen molar-refractivity contribution in [3.63, 3.8) is 0 Å². The van der Waals surface area contributed by atoms with Crippen LogP contribution in [0.5, 0.6) is 0 Å². The molecule has 0 radical (unpaired) electrons. The molecule has 22 heavy (non-hydrogen) atoms. The van der Waals surface area contributed by atoms with Gasteiger partial charge in [0.05, 0.1) is 0 Å². The van der Waals surface area contributed by atoms with E-state index >= 15 is 0 Å². The largest absolute Gasteiger partial charge is 0.341 e. The SMILES string of the molecule is CC(=O)Nc1cccc(C(=O)N(C)CCc2ccncc2)c1. The van der Waals surface area contributed by atoms with Gasteiger partial charge in [-0.2, -0.15) is 0 Å². The number of nitrogens with one attached hydrogen (secondary N) is 1. The Morgan fingerprint density at radius 2 is 1.91 bits per heavy atom. The molecule has 0 spiro atoms. The maximum atomic E-state index is 12.4. The van der Waals surface area contributed by atoms with E-state index in [2.05, 4.69) is 10.3 Å². The van der Waals surface area contributed by atoms with Crippen LogP contribution in [0.4, 0.5) is 5.69 Å². The Hall–Kier alpha value is -2.69. The molecule has 5 heteroatoms. The molecule has 0 aliphatic rings. The van der Waals surface area contributed by atoms with E-state index in [-0.39, 0.29) is 11.8 Å². The minimum atomic E-state index is -0.157. The molecule has 0 aliphatic carbocycles. The van der Waals surface area contributed by atoms with Crippen molar-refractivity contribution in [2.45, 2.75) is 13.3 Å². The summed E-state index contributed by atoms with van der Waals surface area (Å²) in [6.07, 6.45) is 4.26. The van der Waals surface area contributed by atoms with E-state index in [0.29, 0.717) is 17.8 Å². The van der Waals surface area contributed by atoms with Crippen LogP contribution in [0.15, 0.2) is 48.8 Å². The van der Waals surface area contributed by atoms with Gasteiger partial charge >= 0.3 is 0 Å². The average Bonchev–Trinajstić information content (AvgIpc) is 2.52. The summed E-state index contributed by atoms with van der Waals surface area (Å²) in [6, 6.07) is 10.8. The van der Waals surface area contributed by atoms with Gasteiger partial charge in [-0.15, -0.1) is 0 Å². The number of aromatic nitrogens is 1. The van der Waals surface area contributed by atoms with Gasteiger partial charge in [-0.05, 0) is 42.3 Å². The van der Waals surface area contributed by atoms with Gasteiger partial charge in [-0.25, -0.2) is 0 Å². The predicted molar refractivity (Wildman–Crippen MR) is 85.6 cm³/mol. The van der Waals surface area contributed by atoms with Crippen molar-refractivity contribution in [1.82, 2.24) is 9.88 Å². The molecule has 1 N–H and O–H groups in total. The molecule has 2 amide bonds. The molecule has 1 heterocycles. The normalized spacial score (nSPS) is 10.1. The summed E-state index contributed by atoms with van der Waals surface area (Å²) in [4.78, 5) is 29.1. The number of nitrogens with zero attached hydrogens (tertiary/aromatic N) is 2. The Labute approximate surface area is 130 Å². The van der Waals surface area contributed by atoms with Crippen LogP contribution < -0.4 is 5.32 Å². The van der Waals surface area contributed by atoms with Gasteiger partial charge in [0.25, 0.3) is 5.91 Å². The van der Waals surface area contributed by atoms with Gasteiger partial charge in [0.15, 0.2) is 0 Å². The average molecular weight is 297 g/mol. The number of carbonyl (C=O) groups is 2. The summed E-state index contributed by atoms with van der Waals surface area (Å²) in [5, 5.41) is 2.68. The summed E-state index contributed by atoms with van der Waals surface area (Å²) < 4.78 is 0. The summed E-state index contributed by atoms with van der Waals surface area (Å²) >= 11 is 0. The van der Waals surface area contributed by atoms with Crippen molar-refractivity contribution in [1.29, 1.82) is 0 Å². The molecular formula is C17H19N3O2. The fraction of sp³-hybridized carbons (Fsp3) is 0.235. The zero-order valence-corrected chi connectivity index (χ0v) is 12.7. The van der Waals surface area contributed by atoms with Crippen LogP contribution >= 0.6 is 0 Å². The molecule has 2 aromatic rings. The summed E-state index contributed by atoms with van der Waals surface area (Å²) in [5.74, 6) is -0.225. The number of hydrogen-bond donors (Lipinski definition) is 1. The van der Waals surface area contributed by atoms with Gasteiger partial charge in [-0.3, -0.25) is 14.6 Å². The van der Waals surface area contributed by atoms with E-state index in [1.54, 1.807) is 48.6 Å². The van der Waals surface area contributed by atoms with Crippen LogP contribution in [0.25, 0.3) is 0 Å². The lowest BCUT2D eigenvalue weighted by Gasteiger charge is -2.17. The van der Waals surface area contributed by atoms with Gasteiger partial charge in [0.2, 0.25) is 5.91 Å². The van der Waals surface area contributed by atoms with Gasteiger partial charge in [-0.1, -0.05) is 6.07 Å². The van der Waals surface area contributed by atoms with Crippen LogP contribution in [0.1, 0.15) is 22.8 Å². The van der Waals surface area contributed by atoms with Gasteiger partial charge in [0.1, 0.15) is 0 Å². The maximum Gasteiger partial charge on any atom is 0.253 e. The Morgan fingerprint density at radius 3 is 2.59 bits per heavy atom. The second-order valence-electron chi connectivity index (χ2n) is 5.09. The fourth-order valence-electron chi connectivity index (χ4n) is 2.10. The van der Waals surface area contributed by atoms with E-state index in [0.717, 1.165) is 12.0 Å². The monoisotopic (exact) mass is 297 g/mol. The van der Waals surface area contributed by atoms with Crippen molar-refractivity contribution in [2.24, 2.45) is 0 Å². The van der Waals surface area contributed by atoms with Crippen molar-refractivity contribution in [2.75, 3.05) is 18.9 Å². The Bertz CT molecular complexity index is 656. The van der Waals surface area contributed by atoms with Crippen molar-refractivity contribution < 1.29 is 9.59 Å². The van der Waals surface area contributed by atoms with Gasteiger partial charge in [0, 0.05) is 44.2 Å². The number of anilines is 1. The molecule has 1 aromatic carbocycles. The van der Waals surface area contributed by atoms with Crippen LogP contribution in [0, 0.1) is 0 Å². The van der Waals surface area contributed by atoms with Crippen LogP contribution in [0.2, 0.25) is 0 Å². The number of amides is 2. The molecule has 5 nitrogen and oxygen atoms in total. The molecule has 0 bridgehead atoms. The first kappa shape index (κ1) is 15.7. The number of rotatable bonds is 5. The highest BCUT2D eigenvalue weighted by Crippen LogP contribution is 2.12. The molecule has 2 rings (SSSR count). The molecule has 0 atom stereocenters. The van der Waals surface area contributed by atoms with Crippen molar-refractivity contribution >= 4 is 17.5 Å². The molecule has 0 saturated heterocycles. The predicted octanol–water partition coefficient (Wildman–Crippen LogP) is 2.35. The zero-order chi connectivity index (χ0) is 15.9. The number of hydrogen-bond acceptors (Lipinski definition) is 3. The lowest BCUT2D eigenvalue weighted by Crippen LogP contribution is -2.28. The molecule has 0 aliphatic heterocycles. The summed E-state index contributed by atoms with van der Waals surface area (Å²) in [7, 11) is 1.77. The lowest BCUT2D eigenvalue weighted by molar-refractivity contribution is -0.114. The quantitative estimate of drug-likeness (QED) is 0.921. The highest BCUT2D eigenvalue weighted by Gasteiger charge is 2.12. The first-order chi connectivity index (χ1) is 10.6. The number of benzene rings is 1. The van der Waals surface area contributed by atoms with E-state index < -0.39 is 0 Å². The topological polar surface area (TPSA) is 62.3 Å². The number of carbonyl (C=O) groups excluding carboxylic acids is 2. The smallest absolute Gasteiger partial charge is 0.253 e. The van der Waals surface area contributed by atoms with E-state index in [9.17, 15) is 9.59 Å². The second kappa shape index (κ2) is 7.36. The molecule has 114 valence electrons. The van der Waals surface area contributed by atoms with E-state index in [1.807, 2.05) is 12.1 Å². The molecule has 0 fully saturated rings. The molecule has 1 aromatic heterocycles. The van der Waals surface area contributed by atoms with Gasteiger partial charge < -0.3 is 10.2 Å². The van der Waals surface area contributed by atoms with Crippen molar-refractivity contribution in [3.8, 4) is 0 Å². The third-order valence-electron chi connectivity index (χ3n) is 3.26. The molecular weight excluding hydrogens is 278 g/mol.